The van der Waals surface area contributed by atoms with E-state index in [-0.39, 0.29) is 0 Å². The number of hydrogen-bond acceptors (Lipinski definition) is 1. The molecule has 0 aromatic heterocycles. The van der Waals surface area contributed by atoms with Gasteiger partial charge >= 0.3 is 0 Å². The molecule has 1 aromatic rings. The second-order valence-electron chi connectivity index (χ2n) is 9.19. The fourth-order valence-electron chi connectivity index (χ4n) is 3.92. The summed E-state index contributed by atoms with van der Waals surface area (Å²) in [6.07, 6.45) is 15.3. The lowest BCUT2D eigenvalue weighted by atomic mass is 9.97. The molecule has 0 aliphatic heterocycles. The van der Waals surface area contributed by atoms with E-state index in [1.165, 1.54) is 72.8 Å². The van der Waals surface area contributed by atoms with E-state index in [4.69, 9.17) is 0 Å². The highest BCUT2D eigenvalue weighted by molar-refractivity contribution is 5.52. The summed E-state index contributed by atoms with van der Waals surface area (Å²) < 4.78 is 1.17. The van der Waals surface area contributed by atoms with Crippen molar-refractivity contribution in [3.63, 3.8) is 0 Å². The summed E-state index contributed by atoms with van der Waals surface area (Å²) in [7, 11) is 0. The van der Waals surface area contributed by atoms with Crippen LogP contribution in [0.25, 0.3) is 0 Å². The van der Waals surface area contributed by atoms with Crippen molar-refractivity contribution >= 4 is 6.21 Å². The fraction of sp³-hybridized carbons (Fsp3) is 0.731. The molecule has 0 amide bonds. The summed E-state index contributed by atoms with van der Waals surface area (Å²) in [5.74, 6) is 1.18. The molecule has 0 heterocycles. The zero-order valence-electron chi connectivity index (χ0n) is 19.3. The Morgan fingerprint density at radius 1 is 1.00 bits per heavy atom. The summed E-state index contributed by atoms with van der Waals surface area (Å²) in [4.78, 5) is 0. The minimum absolute atomic E-state index is 0.487. The highest BCUT2D eigenvalue weighted by Gasteiger charge is 2.07. The summed E-state index contributed by atoms with van der Waals surface area (Å²) >= 11 is 0. The molecule has 0 radical (unpaired) electrons. The molecule has 2 heteroatoms. The van der Waals surface area contributed by atoms with Crippen molar-refractivity contribution in [2.75, 3.05) is 6.54 Å². The van der Waals surface area contributed by atoms with Gasteiger partial charge in [-0.3, -0.25) is 0 Å². The van der Waals surface area contributed by atoms with E-state index in [0.717, 1.165) is 19.3 Å². The van der Waals surface area contributed by atoms with Crippen molar-refractivity contribution in [2.45, 2.75) is 105 Å². The van der Waals surface area contributed by atoms with E-state index in [1.54, 1.807) is 0 Å². The molecule has 1 unspecified atom stereocenters. The van der Waals surface area contributed by atoms with Gasteiger partial charge < -0.3 is 5.21 Å². The van der Waals surface area contributed by atoms with E-state index in [0.29, 0.717) is 18.4 Å². The molecule has 1 rings (SSSR count). The zero-order valence-corrected chi connectivity index (χ0v) is 19.3. The molecular formula is C26H45NO. The normalized spacial score (nSPS) is 13.3. The standard InChI is InChI=1S/C26H45NO/c1-6-7-8-9-10-11-12-14-23(4)21-27(28)18-13-15-26-17-16-25(19-22(2)3)20-24(26)5/h16-18,20,22-23H,6-15,19,21H2,1-5H3/b27-18+. The Kier molecular flexibility index (Phi) is 12.9. The lowest BCUT2D eigenvalue weighted by Crippen LogP contribution is -2.15. The number of rotatable bonds is 15. The Balaban J connectivity index is 2.25. The van der Waals surface area contributed by atoms with E-state index in [9.17, 15) is 5.21 Å². The lowest BCUT2D eigenvalue weighted by Gasteiger charge is -2.12. The minimum Gasteiger partial charge on any atom is -0.624 e. The Bertz CT molecular complexity index is 562. The topological polar surface area (TPSA) is 26.1 Å². The maximum Gasteiger partial charge on any atom is 0.155 e. The summed E-state index contributed by atoms with van der Waals surface area (Å²) in [5, 5.41) is 12.2. The molecule has 160 valence electrons. The summed E-state index contributed by atoms with van der Waals surface area (Å²) in [6.45, 7) is 11.8. The van der Waals surface area contributed by atoms with Crippen molar-refractivity contribution < 1.29 is 4.74 Å². The second kappa shape index (κ2) is 14.7. The average Bonchev–Trinajstić information content (AvgIpc) is 2.62. The molecule has 0 N–H and O–H groups in total. The van der Waals surface area contributed by atoms with Crippen molar-refractivity contribution in [1.82, 2.24) is 0 Å². The highest BCUT2D eigenvalue weighted by Crippen LogP contribution is 2.16. The first kappa shape index (κ1) is 24.7. The van der Waals surface area contributed by atoms with Gasteiger partial charge in [0.15, 0.2) is 12.8 Å². The van der Waals surface area contributed by atoms with Gasteiger partial charge in [-0.05, 0) is 48.8 Å². The van der Waals surface area contributed by atoms with E-state index < -0.39 is 0 Å². The summed E-state index contributed by atoms with van der Waals surface area (Å²) in [5.41, 5.74) is 4.15. The van der Waals surface area contributed by atoms with Gasteiger partial charge in [0.25, 0.3) is 0 Å². The van der Waals surface area contributed by atoms with Gasteiger partial charge in [-0.1, -0.05) is 90.8 Å². The third kappa shape index (κ3) is 11.5. The number of benzene rings is 1. The molecule has 0 saturated carbocycles. The van der Waals surface area contributed by atoms with Crippen molar-refractivity contribution in [3.05, 3.63) is 40.1 Å². The fourth-order valence-corrected chi connectivity index (χ4v) is 3.92. The Morgan fingerprint density at radius 2 is 1.68 bits per heavy atom. The molecule has 0 spiro atoms. The quantitative estimate of drug-likeness (QED) is 0.101. The van der Waals surface area contributed by atoms with Gasteiger partial charge in [0.1, 0.15) is 0 Å². The SMILES string of the molecule is CCCCCCCCCC(C)C/[N+]([O-])=C\CCc1ccc(CC(C)C)cc1C. The molecule has 2 nitrogen and oxygen atoms in total. The monoisotopic (exact) mass is 387 g/mol. The van der Waals surface area contributed by atoms with Crippen molar-refractivity contribution in [3.8, 4) is 0 Å². The molecule has 1 atom stereocenters. The zero-order chi connectivity index (χ0) is 20.8. The molecule has 0 aliphatic carbocycles. The number of hydroxylamine groups is 1. The Morgan fingerprint density at radius 3 is 2.32 bits per heavy atom. The van der Waals surface area contributed by atoms with Crippen molar-refractivity contribution in [1.29, 1.82) is 0 Å². The van der Waals surface area contributed by atoms with Crippen LogP contribution in [0.5, 0.6) is 0 Å². The summed E-state index contributed by atoms with van der Waals surface area (Å²) in [6, 6.07) is 6.81. The first-order chi connectivity index (χ1) is 13.4. The first-order valence-corrected chi connectivity index (χ1v) is 11.8. The molecule has 0 saturated heterocycles. The third-order valence-electron chi connectivity index (χ3n) is 5.59. The van der Waals surface area contributed by atoms with Crippen LogP contribution >= 0.6 is 0 Å². The molecule has 0 fully saturated rings. The molecule has 28 heavy (non-hydrogen) atoms. The second-order valence-corrected chi connectivity index (χ2v) is 9.19. The number of nitrogens with zero attached hydrogens (tertiary/aromatic N) is 1. The number of hydrogen-bond donors (Lipinski definition) is 0. The van der Waals surface area contributed by atoms with Crippen LogP contribution in [0.3, 0.4) is 0 Å². The van der Waals surface area contributed by atoms with Gasteiger partial charge in [0, 0.05) is 12.3 Å². The third-order valence-corrected chi connectivity index (χ3v) is 5.59. The number of unbranched alkanes of at least 4 members (excludes halogenated alkanes) is 6. The van der Waals surface area contributed by atoms with E-state index in [2.05, 4.69) is 52.8 Å². The maximum atomic E-state index is 12.2. The average molecular weight is 388 g/mol. The van der Waals surface area contributed by atoms with Crippen LogP contribution < -0.4 is 0 Å². The first-order valence-electron chi connectivity index (χ1n) is 11.8. The molecule has 0 aliphatic rings. The maximum absolute atomic E-state index is 12.2. The van der Waals surface area contributed by atoms with Crippen LogP contribution in [0, 0.1) is 24.0 Å². The molecule has 0 bridgehead atoms. The minimum atomic E-state index is 0.487. The predicted molar refractivity (Wildman–Crippen MR) is 124 cm³/mol. The van der Waals surface area contributed by atoms with Gasteiger partial charge in [-0.25, -0.2) is 4.74 Å². The highest BCUT2D eigenvalue weighted by atomic mass is 16.5. The van der Waals surface area contributed by atoms with Gasteiger partial charge in [0.05, 0.1) is 0 Å². The van der Waals surface area contributed by atoms with Crippen LogP contribution in [0.15, 0.2) is 18.2 Å². The smallest absolute Gasteiger partial charge is 0.155 e. The lowest BCUT2D eigenvalue weighted by molar-refractivity contribution is -0.462. The molecular weight excluding hydrogens is 342 g/mol. The van der Waals surface area contributed by atoms with Crippen LogP contribution in [-0.2, 0) is 12.8 Å². The van der Waals surface area contributed by atoms with Crippen molar-refractivity contribution in [2.24, 2.45) is 11.8 Å². The largest absolute Gasteiger partial charge is 0.624 e. The van der Waals surface area contributed by atoms with Gasteiger partial charge in [0.2, 0.25) is 0 Å². The molecule has 1 aromatic carbocycles. The van der Waals surface area contributed by atoms with Crippen LogP contribution in [0.4, 0.5) is 0 Å². The van der Waals surface area contributed by atoms with Crippen LogP contribution in [0.1, 0.15) is 102 Å². The van der Waals surface area contributed by atoms with Gasteiger partial charge in [-0.2, -0.15) is 0 Å². The van der Waals surface area contributed by atoms with Crippen LogP contribution in [0.2, 0.25) is 0 Å². The Labute approximate surface area is 175 Å². The number of aryl methyl sites for hydroxylation is 2. The van der Waals surface area contributed by atoms with E-state index in [1.807, 2.05) is 6.21 Å². The predicted octanol–water partition coefficient (Wildman–Crippen LogP) is 7.48. The Hall–Kier alpha value is -1.31. The van der Waals surface area contributed by atoms with Crippen LogP contribution in [-0.4, -0.2) is 17.5 Å². The van der Waals surface area contributed by atoms with Gasteiger partial charge in [-0.15, -0.1) is 0 Å². The van der Waals surface area contributed by atoms with E-state index >= 15 is 0 Å².